The van der Waals surface area contributed by atoms with Crippen molar-refractivity contribution in [3.05, 3.63) is 57.2 Å². The van der Waals surface area contributed by atoms with E-state index in [-0.39, 0.29) is 11.6 Å². The SMILES string of the molecule is O=C1N=C(N2CCCC2)S/C1=C/c1ccc(-c2ccc([N+](=O)[O-])cc2)o1. The summed E-state index contributed by atoms with van der Waals surface area (Å²) in [7, 11) is 0. The monoisotopic (exact) mass is 369 g/mol. The Morgan fingerprint density at radius 2 is 1.88 bits per heavy atom. The summed E-state index contributed by atoms with van der Waals surface area (Å²) in [5.74, 6) is 0.889. The average Bonchev–Trinajstić information content (AvgIpc) is 3.37. The van der Waals surface area contributed by atoms with Crippen molar-refractivity contribution in [1.82, 2.24) is 4.90 Å². The van der Waals surface area contributed by atoms with Crippen molar-refractivity contribution in [2.24, 2.45) is 4.99 Å². The van der Waals surface area contributed by atoms with Gasteiger partial charge in [-0.15, -0.1) is 0 Å². The number of rotatable bonds is 3. The minimum atomic E-state index is -0.442. The molecule has 1 saturated heterocycles. The quantitative estimate of drug-likeness (QED) is 0.463. The zero-order valence-corrected chi connectivity index (χ0v) is 14.6. The van der Waals surface area contributed by atoms with E-state index in [1.165, 1.54) is 23.9 Å². The first-order valence-electron chi connectivity index (χ1n) is 8.22. The highest BCUT2D eigenvalue weighted by atomic mass is 32.2. The minimum absolute atomic E-state index is 0.0298. The lowest BCUT2D eigenvalue weighted by molar-refractivity contribution is -0.384. The van der Waals surface area contributed by atoms with Crippen LogP contribution in [0.3, 0.4) is 0 Å². The van der Waals surface area contributed by atoms with E-state index < -0.39 is 4.92 Å². The van der Waals surface area contributed by atoms with Crippen molar-refractivity contribution in [1.29, 1.82) is 0 Å². The minimum Gasteiger partial charge on any atom is -0.457 e. The van der Waals surface area contributed by atoms with E-state index in [4.69, 9.17) is 4.42 Å². The normalized spacial score (nSPS) is 18.6. The molecule has 132 valence electrons. The van der Waals surface area contributed by atoms with E-state index >= 15 is 0 Å². The lowest BCUT2D eigenvalue weighted by atomic mass is 10.1. The number of nitrogens with zero attached hydrogens (tertiary/aromatic N) is 3. The maximum Gasteiger partial charge on any atom is 0.286 e. The Kier molecular flexibility index (Phi) is 4.34. The Morgan fingerprint density at radius 1 is 1.15 bits per heavy atom. The fraction of sp³-hybridized carbons (Fsp3) is 0.222. The lowest BCUT2D eigenvalue weighted by Crippen LogP contribution is -2.23. The molecule has 0 atom stereocenters. The second kappa shape index (κ2) is 6.80. The number of non-ortho nitro benzene ring substituents is 1. The van der Waals surface area contributed by atoms with Crippen LogP contribution in [0.1, 0.15) is 18.6 Å². The van der Waals surface area contributed by atoms with Gasteiger partial charge in [-0.25, -0.2) is 0 Å². The second-order valence-electron chi connectivity index (χ2n) is 6.01. The van der Waals surface area contributed by atoms with Gasteiger partial charge in [0.05, 0.1) is 9.83 Å². The number of carbonyl (C=O) groups excluding carboxylic acids is 1. The first kappa shape index (κ1) is 16.6. The summed E-state index contributed by atoms with van der Waals surface area (Å²) in [4.78, 5) is 29.2. The van der Waals surface area contributed by atoms with Crippen molar-refractivity contribution >= 4 is 34.6 Å². The Hall–Kier alpha value is -2.87. The molecule has 2 aromatic rings. The van der Waals surface area contributed by atoms with Crippen LogP contribution in [0.2, 0.25) is 0 Å². The lowest BCUT2D eigenvalue weighted by Gasteiger charge is -2.14. The summed E-state index contributed by atoms with van der Waals surface area (Å²) in [5.41, 5.74) is 0.766. The zero-order chi connectivity index (χ0) is 18.1. The third-order valence-corrected chi connectivity index (χ3v) is 5.29. The maximum absolute atomic E-state index is 12.1. The van der Waals surface area contributed by atoms with Crippen molar-refractivity contribution in [2.45, 2.75) is 12.8 Å². The predicted octanol–water partition coefficient (Wildman–Crippen LogP) is 3.92. The zero-order valence-electron chi connectivity index (χ0n) is 13.8. The summed E-state index contributed by atoms with van der Waals surface area (Å²) < 4.78 is 5.76. The van der Waals surface area contributed by atoms with Gasteiger partial charge in [-0.3, -0.25) is 14.9 Å². The number of carbonyl (C=O) groups is 1. The standard InChI is InChI=1S/C18H15N3O4S/c22-17-16(26-18(19-17)20-9-1-2-10-20)11-14-7-8-15(25-14)12-3-5-13(6-4-12)21(23)24/h3-8,11H,1-2,9-10H2/b16-11+. The van der Waals surface area contributed by atoms with E-state index in [1.54, 1.807) is 30.3 Å². The largest absolute Gasteiger partial charge is 0.457 e. The molecule has 1 aromatic carbocycles. The van der Waals surface area contributed by atoms with Crippen LogP contribution in [0.15, 0.2) is 50.7 Å². The summed E-state index contributed by atoms with van der Waals surface area (Å²) in [5, 5.41) is 11.5. The number of amidine groups is 1. The van der Waals surface area contributed by atoms with Gasteiger partial charge in [-0.2, -0.15) is 4.99 Å². The first-order chi connectivity index (χ1) is 12.6. The number of amides is 1. The highest BCUT2D eigenvalue weighted by molar-refractivity contribution is 8.18. The predicted molar refractivity (Wildman–Crippen MR) is 99.6 cm³/mol. The van der Waals surface area contributed by atoms with E-state index in [2.05, 4.69) is 9.89 Å². The van der Waals surface area contributed by atoms with E-state index in [0.717, 1.165) is 36.7 Å². The molecule has 3 heterocycles. The van der Waals surface area contributed by atoms with Crippen molar-refractivity contribution in [2.75, 3.05) is 13.1 Å². The molecule has 0 saturated carbocycles. The highest BCUT2D eigenvalue weighted by Crippen LogP contribution is 2.33. The molecule has 4 rings (SSSR count). The number of aliphatic imine (C=N–C) groups is 1. The number of hydrogen-bond donors (Lipinski definition) is 0. The van der Waals surface area contributed by atoms with Crippen LogP contribution in [-0.4, -0.2) is 34.0 Å². The first-order valence-corrected chi connectivity index (χ1v) is 9.04. The molecule has 2 aliphatic rings. The summed E-state index contributed by atoms with van der Waals surface area (Å²) >= 11 is 1.37. The van der Waals surface area contributed by atoms with Crippen molar-refractivity contribution in [3.8, 4) is 11.3 Å². The third-order valence-electron chi connectivity index (χ3n) is 4.25. The van der Waals surface area contributed by atoms with Gasteiger partial charge in [0.15, 0.2) is 5.17 Å². The van der Waals surface area contributed by atoms with Gasteiger partial charge in [0.25, 0.3) is 11.6 Å². The molecule has 26 heavy (non-hydrogen) atoms. The van der Waals surface area contributed by atoms with E-state index in [1.807, 2.05) is 0 Å². The molecule has 0 radical (unpaired) electrons. The molecule has 0 unspecified atom stereocenters. The average molecular weight is 369 g/mol. The highest BCUT2D eigenvalue weighted by Gasteiger charge is 2.27. The summed E-state index contributed by atoms with van der Waals surface area (Å²) in [6, 6.07) is 9.69. The molecule has 1 aromatic heterocycles. The van der Waals surface area contributed by atoms with E-state index in [9.17, 15) is 14.9 Å². The molecule has 8 heteroatoms. The van der Waals surface area contributed by atoms with Gasteiger partial charge in [0.1, 0.15) is 11.5 Å². The second-order valence-corrected chi connectivity index (χ2v) is 7.02. The number of thioether (sulfide) groups is 1. The Balaban J connectivity index is 1.50. The molecule has 0 spiro atoms. The molecule has 0 bridgehead atoms. The molecule has 2 aliphatic heterocycles. The number of furan rings is 1. The van der Waals surface area contributed by atoms with Crippen LogP contribution < -0.4 is 0 Å². The van der Waals surface area contributed by atoms with Crippen LogP contribution in [0, 0.1) is 10.1 Å². The van der Waals surface area contributed by atoms with Gasteiger partial charge >= 0.3 is 0 Å². The Morgan fingerprint density at radius 3 is 2.58 bits per heavy atom. The van der Waals surface area contributed by atoms with Gasteiger partial charge < -0.3 is 9.32 Å². The molecular formula is C18H15N3O4S. The number of benzene rings is 1. The fourth-order valence-corrected chi connectivity index (χ4v) is 3.85. The van der Waals surface area contributed by atoms with Crippen molar-refractivity contribution < 1.29 is 14.1 Å². The number of hydrogen-bond acceptors (Lipinski definition) is 6. The van der Waals surface area contributed by atoms with Crippen molar-refractivity contribution in [3.63, 3.8) is 0 Å². The molecule has 7 nitrogen and oxygen atoms in total. The van der Waals surface area contributed by atoms with Crippen LogP contribution in [0.25, 0.3) is 17.4 Å². The fourth-order valence-electron chi connectivity index (χ4n) is 2.90. The van der Waals surface area contributed by atoms with Crippen LogP contribution >= 0.6 is 11.8 Å². The molecule has 1 fully saturated rings. The molecule has 1 amide bonds. The topological polar surface area (TPSA) is 89.0 Å². The number of likely N-dealkylation sites (tertiary alicyclic amines) is 1. The van der Waals surface area contributed by atoms with Crippen LogP contribution in [0.4, 0.5) is 5.69 Å². The van der Waals surface area contributed by atoms with Crippen LogP contribution in [-0.2, 0) is 4.79 Å². The van der Waals surface area contributed by atoms with Gasteiger partial charge in [0, 0.05) is 36.9 Å². The number of nitro groups is 1. The molecule has 0 aliphatic carbocycles. The van der Waals surface area contributed by atoms with Crippen LogP contribution in [0.5, 0.6) is 0 Å². The molecule has 0 N–H and O–H groups in total. The third kappa shape index (κ3) is 3.28. The number of nitro benzene ring substituents is 1. The summed E-state index contributed by atoms with van der Waals surface area (Å²) in [6.07, 6.45) is 3.95. The Bertz CT molecular complexity index is 924. The van der Waals surface area contributed by atoms with Gasteiger partial charge in [0.2, 0.25) is 0 Å². The summed E-state index contributed by atoms with van der Waals surface area (Å²) in [6.45, 7) is 1.88. The molecular weight excluding hydrogens is 354 g/mol. The van der Waals surface area contributed by atoms with E-state index in [0.29, 0.717) is 16.4 Å². The Labute approximate surface area is 153 Å². The van der Waals surface area contributed by atoms with Gasteiger partial charge in [-0.1, -0.05) is 0 Å². The maximum atomic E-state index is 12.1. The smallest absolute Gasteiger partial charge is 0.286 e. The van der Waals surface area contributed by atoms with Gasteiger partial charge in [-0.05, 0) is 48.9 Å².